The number of nitrogens with zero attached hydrogens (tertiary/aromatic N) is 1. The minimum Gasteiger partial charge on any atom is -0.458 e. The monoisotopic (exact) mass is 539 g/mol. The van der Waals surface area contributed by atoms with E-state index in [0.717, 1.165) is 7.05 Å². The van der Waals surface area contributed by atoms with Crippen molar-refractivity contribution in [1.29, 1.82) is 0 Å². The molecule has 0 unspecified atom stereocenters. The van der Waals surface area contributed by atoms with Crippen molar-refractivity contribution >= 4 is 17.8 Å². The fourth-order valence-corrected chi connectivity index (χ4v) is 3.04. The second kappa shape index (κ2) is 13.4. The van der Waals surface area contributed by atoms with Crippen molar-refractivity contribution in [3.8, 4) is 0 Å². The summed E-state index contributed by atoms with van der Waals surface area (Å²) in [5.41, 5.74) is 0.558. The average molecular weight is 540 g/mol. The maximum absolute atomic E-state index is 13.4. The van der Waals surface area contributed by atoms with E-state index in [1.165, 1.54) is 12.4 Å². The number of aliphatic hydroxyl groups excluding tert-OH is 1. The molecular weight excluding hydrogens is 504 g/mol. The summed E-state index contributed by atoms with van der Waals surface area (Å²) in [5.74, 6) is -8.06. The van der Waals surface area contributed by atoms with E-state index in [4.69, 9.17) is 9.84 Å². The quantitative estimate of drug-likeness (QED) is 0.151. The number of likely N-dealkylation sites (N-methyl/N-ethyl adjacent to an activating group) is 1. The van der Waals surface area contributed by atoms with Crippen LogP contribution in [-0.2, 0) is 24.0 Å². The Kier molecular flexibility index (Phi) is 12.6. The van der Waals surface area contributed by atoms with Gasteiger partial charge in [0.1, 0.15) is 23.7 Å². The molecule has 0 bridgehead atoms. The summed E-state index contributed by atoms with van der Waals surface area (Å²) in [4.78, 5) is 42.9. The van der Waals surface area contributed by atoms with E-state index in [2.05, 4.69) is 10.2 Å². The van der Waals surface area contributed by atoms with Crippen molar-refractivity contribution in [2.75, 3.05) is 20.3 Å². The molecule has 3 N–H and O–H groups in total. The summed E-state index contributed by atoms with van der Waals surface area (Å²) >= 11 is 0. The summed E-state index contributed by atoms with van der Waals surface area (Å²) in [6, 6.07) is -5.78. The molecule has 212 valence electrons. The number of amides is 2. The molecule has 0 aromatic carbocycles. The first-order chi connectivity index (χ1) is 16.1. The minimum absolute atomic E-state index is 0.151. The molecule has 2 amide bonds. The van der Waals surface area contributed by atoms with Crippen LogP contribution in [0.5, 0.6) is 0 Å². The van der Waals surface area contributed by atoms with E-state index in [-0.39, 0.29) is 12.3 Å². The predicted molar refractivity (Wildman–Crippen MR) is 115 cm³/mol. The number of rotatable bonds is 12. The van der Waals surface area contributed by atoms with Crippen LogP contribution in [0.2, 0.25) is 0 Å². The van der Waals surface area contributed by atoms with Crippen molar-refractivity contribution in [3.05, 3.63) is 0 Å². The summed E-state index contributed by atoms with van der Waals surface area (Å²) < 4.78 is 85.5. The number of alkyl halides is 6. The van der Waals surface area contributed by atoms with Crippen LogP contribution in [0.25, 0.3) is 0 Å². The summed E-state index contributed by atoms with van der Waals surface area (Å²) in [7, 11) is 0.873. The van der Waals surface area contributed by atoms with Crippen LogP contribution >= 0.6 is 0 Å². The predicted octanol–water partition coefficient (Wildman–Crippen LogP) is 2.33. The lowest BCUT2D eigenvalue weighted by molar-refractivity contribution is -0.296. The molecule has 0 spiro atoms. The highest BCUT2D eigenvalue weighted by atomic mass is 19.4. The molecule has 0 fully saturated rings. The second-order valence-corrected chi connectivity index (χ2v) is 9.59. The van der Waals surface area contributed by atoms with E-state index in [9.17, 15) is 40.7 Å². The maximum atomic E-state index is 13.4. The van der Waals surface area contributed by atoms with E-state index in [1.54, 1.807) is 34.6 Å². The van der Waals surface area contributed by atoms with Gasteiger partial charge in [0.05, 0.1) is 13.2 Å². The number of carbonyl (C=O) groups excluding carboxylic acids is 3. The van der Waals surface area contributed by atoms with Crippen molar-refractivity contribution in [2.24, 2.45) is 11.8 Å². The zero-order valence-electron chi connectivity index (χ0n) is 21.2. The number of hydroxylamine groups is 1. The van der Waals surface area contributed by atoms with Crippen LogP contribution in [0.3, 0.4) is 0 Å². The Morgan fingerprint density at radius 1 is 0.972 bits per heavy atom. The van der Waals surface area contributed by atoms with Crippen LogP contribution in [0, 0.1) is 11.8 Å². The van der Waals surface area contributed by atoms with Gasteiger partial charge in [-0.3, -0.25) is 14.4 Å². The third-order valence-corrected chi connectivity index (χ3v) is 4.64. The average Bonchev–Trinajstić information content (AvgIpc) is 2.66. The van der Waals surface area contributed by atoms with Gasteiger partial charge >= 0.3 is 18.3 Å². The molecule has 36 heavy (non-hydrogen) atoms. The molecule has 0 saturated heterocycles. The van der Waals surface area contributed by atoms with Crippen LogP contribution in [0.4, 0.5) is 26.3 Å². The van der Waals surface area contributed by atoms with Crippen LogP contribution in [-0.4, -0.2) is 84.1 Å². The van der Waals surface area contributed by atoms with Gasteiger partial charge in [-0.1, -0.05) is 13.8 Å². The summed E-state index contributed by atoms with van der Waals surface area (Å²) in [5, 5.41) is 11.0. The van der Waals surface area contributed by atoms with Gasteiger partial charge in [0.25, 0.3) is 0 Å². The van der Waals surface area contributed by atoms with Crippen LogP contribution in [0.15, 0.2) is 0 Å². The lowest BCUT2D eigenvalue weighted by Gasteiger charge is -2.36. The normalized spacial score (nSPS) is 15.4. The molecule has 0 aromatic rings. The summed E-state index contributed by atoms with van der Waals surface area (Å²) in [6.07, 6.45) is -12.0. The highest BCUT2D eigenvalue weighted by molar-refractivity contribution is 5.92. The first-order valence-corrected chi connectivity index (χ1v) is 11.0. The van der Waals surface area contributed by atoms with E-state index in [0.29, 0.717) is 4.90 Å². The Morgan fingerprint density at radius 2 is 1.47 bits per heavy atom. The molecule has 0 aliphatic rings. The van der Waals surface area contributed by atoms with Crippen molar-refractivity contribution < 1.29 is 55.4 Å². The van der Waals surface area contributed by atoms with E-state index in [1.807, 2.05) is 0 Å². The number of halogens is 6. The molecule has 0 heterocycles. The molecule has 0 aliphatic carbocycles. The van der Waals surface area contributed by atoms with Crippen molar-refractivity contribution in [2.45, 2.75) is 84.0 Å². The zero-order chi connectivity index (χ0) is 28.6. The molecule has 15 heteroatoms. The Hall–Kier alpha value is -2.13. The number of carbonyl (C=O) groups is 3. The summed E-state index contributed by atoms with van der Waals surface area (Å²) in [6.45, 7) is 7.78. The highest BCUT2D eigenvalue weighted by Crippen LogP contribution is 2.42. The van der Waals surface area contributed by atoms with Gasteiger partial charge in [0, 0.05) is 7.05 Å². The van der Waals surface area contributed by atoms with Gasteiger partial charge < -0.3 is 20.1 Å². The van der Waals surface area contributed by atoms with Gasteiger partial charge in [-0.25, -0.2) is 4.79 Å². The van der Waals surface area contributed by atoms with Gasteiger partial charge in [-0.15, -0.1) is 0 Å². The molecule has 0 saturated carbocycles. The molecule has 0 aliphatic heterocycles. The second-order valence-electron chi connectivity index (χ2n) is 9.59. The minimum atomic E-state index is -5.91. The van der Waals surface area contributed by atoms with Gasteiger partial charge in [0.15, 0.2) is 5.92 Å². The largest absolute Gasteiger partial charge is 0.458 e. The molecular formula is C21H35F6N3O6. The Morgan fingerprint density at radius 3 is 1.86 bits per heavy atom. The molecule has 0 radical (unpaired) electrons. The Labute approximate surface area is 205 Å². The molecule has 9 nitrogen and oxygen atoms in total. The van der Waals surface area contributed by atoms with Gasteiger partial charge in [-0.05, 0) is 40.0 Å². The fourth-order valence-electron chi connectivity index (χ4n) is 3.04. The lowest BCUT2D eigenvalue weighted by atomic mass is 9.95. The number of esters is 1. The standard InChI is InChI=1S/C21H35F6N3O6/c1-11(2)10-13(16(32)28-12(3)18(34)36-19(4,5)6)30(7)17(33)14(29-35-9-8-31)15(20(22,23)24)21(25,26)27/h11-15,29,31H,8-10H2,1-7H3,(H,28,32)/t12-,13-,14+/m0/s1. The molecule has 0 aromatic heterocycles. The zero-order valence-corrected chi connectivity index (χ0v) is 21.2. The number of hydrogen-bond donors (Lipinski definition) is 3. The van der Waals surface area contributed by atoms with Gasteiger partial charge in [0.2, 0.25) is 11.8 Å². The SMILES string of the molecule is CC(C)C[C@@H](C(=O)N[C@@H](C)C(=O)OC(C)(C)C)N(C)C(=O)[C@H](NOCCO)C(C(F)(F)F)C(F)(F)F. The van der Waals surface area contributed by atoms with Gasteiger partial charge in [-0.2, -0.15) is 31.8 Å². The van der Waals surface area contributed by atoms with E-state index < -0.39 is 73.0 Å². The van der Waals surface area contributed by atoms with Crippen molar-refractivity contribution in [1.82, 2.24) is 15.7 Å². The highest BCUT2D eigenvalue weighted by Gasteiger charge is 2.63. The van der Waals surface area contributed by atoms with Crippen LogP contribution in [0.1, 0.15) is 48.0 Å². The molecule has 3 atom stereocenters. The maximum Gasteiger partial charge on any atom is 0.402 e. The topological polar surface area (TPSA) is 117 Å². The number of ether oxygens (including phenoxy) is 1. The first-order valence-electron chi connectivity index (χ1n) is 11.0. The number of aliphatic hydroxyl groups is 1. The number of hydrogen-bond acceptors (Lipinski definition) is 7. The third-order valence-electron chi connectivity index (χ3n) is 4.64. The first kappa shape index (κ1) is 33.9. The van der Waals surface area contributed by atoms with E-state index >= 15 is 0 Å². The Balaban J connectivity index is 6.11. The van der Waals surface area contributed by atoms with Crippen LogP contribution < -0.4 is 10.8 Å². The third kappa shape index (κ3) is 11.3. The lowest BCUT2D eigenvalue weighted by Crippen LogP contribution is -2.61. The fraction of sp³-hybridized carbons (Fsp3) is 0.857. The van der Waals surface area contributed by atoms with Crippen molar-refractivity contribution in [3.63, 3.8) is 0 Å². The molecule has 0 rings (SSSR count). The Bertz CT molecular complexity index is 725. The smallest absolute Gasteiger partial charge is 0.402 e. The number of nitrogens with one attached hydrogen (secondary N) is 2.